The molecule has 10 heteroatoms. The van der Waals surface area contributed by atoms with Gasteiger partial charge in [-0.25, -0.2) is 4.79 Å². The summed E-state index contributed by atoms with van der Waals surface area (Å²) in [5.41, 5.74) is 7.09. The summed E-state index contributed by atoms with van der Waals surface area (Å²) in [6.07, 6.45) is 0.885. The van der Waals surface area contributed by atoms with Crippen molar-refractivity contribution in [2.45, 2.75) is 25.1 Å². The summed E-state index contributed by atoms with van der Waals surface area (Å²) in [6, 6.07) is 12.8. The monoisotopic (exact) mass is 439 g/mol. The fourth-order valence-corrected chi connectivity index (χ4v) is 3.31. The molecule has 0 aliphatic carbocycles. The Morgan fingerprint density at radius 2 is 1.65 bits per heavy atom. The van der Waals surface area contributed by atoms with Gasteiger partial charge in [0.25, 0.3) is 5.91 Å². The van der Waals surface area contributed by atoms with Gasteiger partial charge in [-0.2, -0.15) is 0 Å². The number of aromatic nitrogens is 3. The van der Waals surface area contributed by atoms with Crippen molar-refractivity contribution in [1.82, 2.24) is 14.8 Å². The topological polar surface area (TPSA) is 129 Å². The predicted molar refractivity (Wildman–Crippen MR) is 116 cm³/mol. The number of thioether (sulfide) groups is 1. The summed E-state index contributed by atoms with van der Waals surface area (Å²) in [5.74, 6) is -0.950. The minimum atomic E-state index is -1.02. The van der Waals surface area contributed by atoms with Gasteiger partial charge in [0.2, 0.25) is 5.91 Å². The third-order valence-electron chi connectivity index (χ3n) is 4.43. The number of primary amides is 1. The first-order valence-electron chi connectivity index (χ1n) is 9.28. The Morgan fingerprint density at radius 1 is 1.03 bits per heavy atom. The van der Waals surface area contributed by atoms with E-state index in [1.807, 2.05) is 17.7 Å². The highest BCUT2D eigenvalue weighted by Gasteiger charge is 2.19. The number of amides is 2. The zero-order valence-corrected chi connectivity index (χ0v) is 18.0. The van der Waals surface area contributed by atoms with Gasteiger partial charge in [0.1, 0.15) is 5.82 Å². The van der Waals surface area contributed by atoms with Crippen LogP contribution in [0.15, 0.2) is 53.7 Å². The van der Waals surface area contributed by atoms with Crippen LogP contribution in [0.3, 0.4) is 0 Å². The fraction of sp³-hybridized carbons (Fsp3) is 0.190. The van der Waals surface area contributed by atoms with Crippen LogP contribution in [0.2, 0.25) is 0 Å². The molecule has 0 aliphatic heterocycles. The number of esters is 1. The molecule has 0 saturated heterocycles. The van der Waals surface area contributed by atoms with Gasteiger partial charge < -0.3 is 15.8 Å². The van der Waals surface area contributed by atoms with Gasteiger partial charge in [0.15, 0.2) is 11.3 Å². The molecule has 2 aromatic carbocycles. The van der Waals surface area contributed by atoms with Crippen molar-refractivity contribution in [3.8, 4) is 5.69 Å². The van der Waals surface area contributed by atoms with Gasteiger partial charge in [-0.05, 0) is 68.6 Å². The molecule has 0 radical (unpaired) electrons. The number of nitrogens with one attached hydrogen (secondary N) is 1. The average molecular weight is 439 g/mol. The third-order valence-corrected chi connectivity index (χ3v) is 5.06. The molecular weight excluding hydrogens is 418 g/mol. The zero-order valence-electron chi connectivity index (χ0n) is 17.2. The smallest absolute Gasteiger partial charge is 0.338 e. The largest absolute Gasteiger partial charge is 0.449 e. The van der Waals surface area contributed by atoms with E-state index in [0.717, 1.165) is 16.7 Å². The molecule has 0 fully saturated rings. The van der Waals surface area contributed by atoms with Crippen molar-refractivity contribution in [3.05, 3.63) is 65.5 Å². The summed E-state index contributed by atoms with van der Waals surface area (Å²) in [4.78, 5) is 35.9. The molecule has 1 aromatic heterocycles. The van der Waals surface area contributed by atoms with Gasteiger partial charge in [0, 0.05) is 16.9 Å². The van der Waals surface area contributed by atoms with E-state index in [9.17, 15) is 14.4 Å². The Kier molecular flexibility index (Phi) is 6.71. The van der Waals surface area contributed by atoms with Crippen molar-refractivity contribution >= 4 is 35.2 Å². The highest BCUT2D eigenvalue weighted by Crippen LogP contribution is 2.20. The van der Waals surface area contributed by atoms with Crippen LogP contribution in [0.5, 0.6) is 0 Å². The van der Waals surface area contributed by atoms with E-state index >= 15 is 0 Å². The Hall–Kier alpha value is -3.66. The Labute approximate surface area is 183 Å². The van der Waals surface area contributed by atoms with Crippen LogP contribution in [-0.2, 0) is 9.53 Å². The van der Waals surface area contributed by atoms with Crippen LogP contribution < -0.4 is 11.1 Å². The molecule has 3 N–H and O–H groups in total. The lowest BCUT2D eigenvalue weighted by molar-refractivity contribution is -0.123. The first kappa shape index (κ1) is 22.0. The number of carbonyl (C=O) groups excluding carboxylic acids is 3. The molecule has 1 heterocycles. The highest BCUT2D eigenvalue weighted by atomic mass is 32.2. The Bertz CT molecular complexity index is 1110. The third kappa shape index (κ3) is 5.10. The molecule has 2 amide bonds. The molecule has 31 heavy (non-hydrogen) atoms. The predicted octanol–water partition coefficient (Wildman–Crippen LogP) is 2.58. The minimum Gasteiger partial charge on any atom is -0.449 e. The normalized spacial score (nSPS) is 11.6. The fourth-order valence-electron chi connectivity index (χ4n) is 2.76. The van der Waals surface area contributed by atoms with Crippen LogP contribution in [0.1, 0.15) is 33.5 Å². The minimum absolute atomic E-state index is 0.311. The van der Waals surface area contributed by atoms with Crippen molar-refractivity contribution in [1.29, 1.82) is 0 Å². The molecule has 3 rings (SSSR count). The second-order valence-electron chi connectivity index (χ2n) is 6.59. The van der Waals surface area contributed by atoms with Crippen molar-refractivity contribution in [3.63, 3.8) is 0 Å². The number of nitrogens with zero attached hydrogens (tertiary/aromatic N) is 3. The van der Waals surface area contributed by atoms with E-state index < -0.39 is 23.9 Å². The van der Waals surface area contributed by atoms with Crippen molar-refractivity contribution in [2.24, 2.45) is 5.73 Å². The van der Waals surface area contributed by atoms with E-state index in [0.29, 0.717) is 16.8 Å². The first-order chi connectivity index (χ1) is 14.8. The van der Waals surface area contributed by atoms with Gasteiger partial charge in [-0.1, -0.05) is 11.8 Å². The lowest BCUT2D eigenvalue weighted by atomic mass is 10.2. The first-order valence-corrected chi connectivity index (χ1v) is 10.5. The lowest BCUT2D eigenvalue weighted by Crippen LogP contribution is -2.30. The van der Waals surface area contributed by atoms with E-state index in [1.165, 1.54) is 30.8 Å². The van der Waals surface area contributed by atoms with E-state index in [1.54, 1.807) is 36.4 Å². The van der Waals surface area contributed by atoms with Crippen LogP contribution in [0, 0.1) is 6.92 Å². The molecule has 1 atom stereocenters. The number of hydrogen-bond acceptors (Lipinski definition) is 7. The molecule has 9 nitrogen and oxygen atoms in total. The molecule has 0 saturated carbocycles. The molecular formula is C21H21N5O4S. The van der Waals surface area contributed by atoms with Crippen molar-refractivity contribution < 1.29 is 19.1 Å². The zero-order chi connectivity index (χ0) is 22.5. The van der Waals surface area contributed by atoms with Gasteiger partial charge in [-0.3, -0.25) is 14.2 Å². The number of benzene rings is 2. The highest BCUT2D eigenvalue weighted by molar-refractivity contribution is 7.98. The SMILES string of the molecule is CSc1nnc(C)n1-c1ccc(C(=O)OC(C)C(=O)Nc2ccc(C(N)=O)cc2)cc1. The quantitative estimate of drug-likeness (QED) is 0.427. The number of anilines is 1. The van der Waals surface area contributed by atoms with E-state index in [2.05, 4.69) is 15.5 Å². The van der Waals surface area contributed by atoms with Crippen molar-refractivity contribution in [2.75, 3.05) is 11.6 Å². The maximum Gasteiger partial charge on any atom is 0.338 e. The number of hydrogen-bond donors (Lipinski definition) is 2. The molecule has 160 valence electrons. The number of ether oxygens (including phenoxy) is 1. The van der Waals surface area contributed by atoms with Gasteiger partial charge in [-0.15, -0.1) is 10.2 Å². The second-order valence-corrected chi connectivity index (χ2v) is 7.37. The molecule has 3 aromatic rings. The van der Waals surface area contributed by atoms with Gasteiger partial charge in [0.05, 0.1) is 5.56 Å². The van der Waals surface area contributed by atoms with Crippen LogP contribution in [0.4, 0.5) is 5.69 Å². The Balaban J connectivity index is 1.63. The van der Waals surface area contributed by atoms with Crippen LogP contribution in [-0.4, -0.2) is 44.9 Å². The summed E-state index contributed by atoms with van der Waals surface area (Å²) in [6.45, 7) is 3.32. The maximum absolute atomic E-state index is 12.4. The van der Waals surface area contributed by atoms with E-state index in [4.69, 9.17) is 10.5 Å². The number of rotatable bonds is 7. The Morgan fingerprint density at radius 3 is 2.23 bits per heavy atom. The molecule has 1 unspecified atom stereocenters. The molecule has 0 aliphatic rings. The van der Waals surface area contributed by atoms with Crippen LogP contribution >= 0.6 is 11.8 Å². The summed E-state index contributed by atoms with van der Waals surface area (Å²) in [7, 11) is 0. The summed E-state index contributed by atoms with van der Waals surface area (Å²) in [5, 5.41) is 11.5. The molecule has 0 spiro atoms. The summed E-state index contributed by atoms with van der Waals surface area (Å²) < 4.78 is 7.15. The van der Waals surface area contributed by atoms with E-state index in [-0.39, 0.29) is 0 Å². The second kappa shape index (κ2) is 9.43. The summed E-state index contributed by atoms with van der Waals surface area (Å²) >= 11 is 1.47. The van der Waals surface area contributed by atoms with Gasteiger partial charge >= 0.3 is 5.97 Å². The number of nitrogens with two attached hydrogens (primary N) is 1. The average Bonchev–Trinajstić information content (AvgIpc) is 3.14. The standard InChI is InChI=1S/C21H21N5O4S/c1-12(19(28)23-16-8-4-14(5-9-16)18(22)27)30-20(29)15-6-10-17(11-7-15)26-13(2)24-25-21(26)31-3/h4-12H,1-3H3,(H2,22,27)(H,23,28). The number of aryl methyl sites for hydroxylation is 1. The maximum atomic E-state index is 12.4. The molecule has 0 bridgehead atoms. The lowest BCUT2D eigenvalue weighted by Gasteiger charge is -2.14. The van der Waals surface area contributed by atoms with Crippen LogP contribution in [0.25, 0.3) is 5.69 Å². The number of carbonyl (C=O) groups is 3.